The number of non-ortho nitro benzene ring substituents is 1. The first-order chi connectivity index (χ1) is 9.36. The number of hydrogen-bond donors (Lipinski definition) is 0. The summed E-state index contributed by atoms with van der Waals surface area (Å²) in [6.07, 6.45) is 0. The first kappa shape index (κ1) is 14.9. The van der Waals surface area contributed by atoms with E-state index in [0.29, 0.717) is 17.1 Å². The van der Waals surface area contributed by atoms with Crippen LogP contribution in [0.4, 0.5) is 5.69 Å². The van der Waals surface area contributed by atoms with E-state index in [9.17, 15) is 10.1 Å². The average molecular weight is 333 g/mol. The molecule has 0 bridgehead atoms. The third-order valence-corrected chi connectivity index (χ3v) is 3.10. The third kappa shape index (κ3) is 3.76. The van der Waals surface area contributed by atoms with Crippen molar-refractivity contribution in [1.82, 2.24) is 0 Å². The van der Waals surface area contributed by atoms with Crippen molar-refractivity contribution in [2.24, 2.45) is 0 Å². The Bertz CT molecular complexity index is 624. The van der Waals surface area contributed by atoms with Crippen LogP contribution in [0.25, 0.3) is 0 Å². The topological polar surface area (TPSA) is 52.4 Å². The largest absolute Gasteiger partial charge is 0.457 e. The first-order valence-electron chi connectivity index (χ1n) is 5.46. The molecular formula is C13H8Cl3NO3. The quantitative estimate of drug-likeness (QED) is 0.440. The highest BCUT2D eigenvalue weighted by Gasteiger charge is 2.23. The molecule has 0 saturated carbocycles. The van der Waals surface area contributed by atoms with Gasteiger partial charge in [0.15, 0.2) is 0 Å². The number of halogens is 3. The van der Waals surface area contributed by atoms with Crippen molar-refractivity contribution in [3.05, 3.63) is 64.2 Å². The maximum atomic E-state index is 10.5. The SMILES string of the molecule is O=[N+]([O-])c1ccc(Oc2cccc(C(Cl)(Cl)Cl)c2)cc1. The van der Waals surface area contributed by atoms with Crippen molar-refractivity contribution in [3.63, 3.8) is 0 Å². The van der Waals surface area contributed by atoms with E-state index >= 15 is 0 Å². The first-order valence-corrected chi connectivity index (χ1v) is 6.59. The minimum Gasteiger partial charge on any atom is -0.457 e. The molecule has 0 aliphatic heterocycles. The Morgan fingerprint density at radius 3 is 2.20 bits per heavy atom. The highest BCUT2D eigenvalue weighted by molar-refractivity contribution is 6.66. The molecule has 0 aliphatic rings. The number of hydrogen-bond acceptors (Lipinski definition) is 3. The van der Waals surface area contributed by atoms with E-state index in [-0.39, 0.29) is 5.69 Å². The molecular weight excluding hydrogens is 325 g/mol. The molecule has 0 unspecified atom stereocenters. The molecule has 0 heterocycles. The summed E-state index contributed by atoms with van der Waals surface area (Å²) in [4.78, 5) is 10.1. The second-order valence-corrected chi connectivity index (χ2v) is 6.16. The Morgan fingerprint density at radius 1 is 1.00 bits per heavy atom. The number of alkyl halides is 3. The lowest BCUT2D eigenvalue weighted by Gasteiger charge is -2.13. The fourth-order valence-corrected chi connectivity index (χ4v) is 1.86. The van der Waals surface area contributed by atoms with Crippen molar-refractivity contribution in [2.75, 3.05) is 0 Å². The molecule has 0 atom stereocenters. The molecule has 0 spiro atoms. The van der Waals surface area contributed by atoms with Gasteiger partial charge in [0.2, 0.25) is 3.79 Å². The van der Waals surface area contributed by atoms with Crippen LogP contribution in [-0.4, -0.2) is 4.92 Å². The van der Waals surface area contributed by atoms with Gasteiger partial charge in [0.25, 0.3) is 5.69 Å². The van der Waals surface area contributed by atoms with Gasteiger partial charge in [0, 0.05) is 17.7 Å². The molecule has 0 aromatic heterocycles. The van der Waals surface area contributed by atoms with Gasteiger partial charge >= 0.3 is 0 Å². The summed E-state index contributed by atoms with van der Waals surface area (Å²) in [5.41, 5.74) is 0.467. The van der Waals surface area contributed by atoms with Crippen LogP contribution >= 0.6 is 34.8 Å². The minimum atomic E-state index is -1.53. The van der Waals surface area contributed by atoms with E-state index in [1.807, 2.05) is 0 Å². The molecule has 104 valence electrons. The van der Waals surface area contributed by atoms with E-state index in [0.717, 1.165) is 0 Å². The number of rotatable bonds is 3. The Balaban J connectivity index is 2.20. The van der Waals surface area contributed by atoms with Crippen LogP contribution in [0.2, 0.25) is 0 Å². The van der Waals surface area contributed by atoms with E-state index in [1.54, 1.807) is 24.3 Å². The Hall–Kier alpha value is -1.49. The number of nitrogens with zero attached hydrogens (tertiary/aromatic N) is 1. The molecule has 2 aromatic carbocycles. The Morgan fingerprint density at radius 2 is 1.65 bits per heavy atom. The number of ether oxygens (including phenoxy) is 1. The second-order valence-electron chi connectivity index (χ2n) is 3.88. The maximum absolute atomic E-state index is 10.5. The standard InChI is InChI=1S/C13H8Cl3NO3/c14-13(15,16)9-2-1-3-12(8-9)20-11-6-4-10(5-7-11)17(18)19/h1-8H. The summed E-state index contributed by atoms with van der Waals surface area (Å²) in [6, 6.07) is 12.4. The summed E-state index contributed by atoms with van der Waals surface area (Å²) in [6.45, 7) is 0. The van der Waals surface area contributed by atoms with Crippen LogP contribution < -0.4 is 4.74 Å². The lowest BCUT2D eigenvalue weighted by molar-refractivity contribution is -0.384. The van der Waals surface area contributed by atoms with Gasteiger partial charge in [-0.1, -0.05) is 46.9 Å². The van der Waals surface area contributed by atoms with E-state index in [2.05, 4.69) is 0 Å². The van der Waals surface area contributed by atoms with Crippen molar-refractivity contribution in [2.45, 2.75) is 3.79 Å². The highest BCUT2D eigenvalue weighted by atomic mass is 35.6. The summed E-state index contributed by atoms with van der Waals surface area (Å²) >= 11 is 17.4. The van der Waals surface area contributed by atoms with Gasteiger partial charge in [-0.15, -0.1) is 0 Å². The predicted octanol–water partition coefficient (Wildman–Crippen LogP) is 5.21. The van der Waals surface area contributed by atoms with Crippen LogP contribution in [0.3, 0.4) is 0 Å². The van der Waals surface area contributed by atoms with Crippen LogP contribution in [-0.2, 0) is 3.79 Å². The zero-order chi connectivity index (χ0) is 14.8. The lowest BCUT2D eigenvalue weighted by atomic mass is 10.2. The monoisotopic (exact) mass is 331 g/mol. The molecule has 0 aliphatic carbocycles. The molecule has 0 radical (unpaired) electrons. The third-order valence-electron chi connectivity index (χ3n) is 2.44. The summed E-state index contributed by atoms with van der Waals surface area (Å²) in [7, 11) is 0. The number of nitro groups is 1. The highest BCUT2D eigenvalue weighted by Crippen LogP contribution is 2.39. The molecule has 0 N–H and O–H groups in total. The minimum absolute atomic E-state index is 0.00704. The van der Waals surface area contributed by atoms with Gasteiger partial charge in [-0.3, -0.25) is 10.1 Å². The second kappa shape index (κ2) is 5.87. The van der Waals surface area contributed by atoms with E-state index < -0.39 is 8.72 Å². The Kier molecular flexibility index (Phi) is 4.38. The van der Waals surface area contributed by atoms with Gasteiger partial charge in [0.1, 0.15) is 11.5 Å². The zero-order valence-electron chi connectivity index (χ0n) is 9.92. The van der Waals surface area contributed by atoms with Gasteiger partial charge in [-0.2, -0.15) is 0 Å². The normalized spacial score (nSPS) is 11.2. The predicted molar refractivity (Wildman–Crippen MR) is 78.8 cm³/mol. The van der Waals surface area contributed by atoms with Crippen molar-refractivity contribution >= 4 is 40.5 Å². The van der Waals surface area contributed by atoms with Gasteiger partial charge < -0.3 is 4.74 Å². The summed E-state index contributed by atoms with van der Waals surface area (Å²) in [5, 5.41) is 10.5. The Labute approximate surface area is 130 Å². The van der Waals surface area contributed by atoms with Crippen molar-refractivity contribution in [1.29, 1.82) is 0 Å². The molecule has 7 heteroatoms. The molecule has 0 amide bonds. The van der Waals surface area contributed by atoms with Crippen molar-refractivity contribution in [3.8, 4) is 11.5 Å². The molecule has 4 nitrogen and oxygen atoms in total. The van der Waals surface area contributed by atoms with Crippen LogP contribution in [0.5, 0.6) is 11.5 Å². The summed E-state index contributed by atoms with van der Waals surface area (Å²) in [5.74, 6) is 0.930. The van der Waals surface area contributed by atoms with Crippen molar-refractivity contribution < 1.29 is 9.66 Å². The maximum Gasteiger partial charge on any atom is 0.269 e. The molecule has 20 heavy (non-hydrogen) atoms. The summed E-state index contributed by atoms with van der Waals surface area (Å²) < 4.78 is 4.02. The van der Waals surface area contributed by atoms with Gasteiger partial charge in [-0.05, 0) is 24.3 Å². The van der Waals surface area contributed by atoms with E-state index in [1.165, 1.54) is 24.3 Å². The van der Waals surface area contributed by atoms with Crippen LogP contribution in [0, 0.1) is 10.1 Å². The van der Waals surface area contributed by atoms with Crippen LogP contribution in [0.1, 0.15) is 5.56 Å². The average Bonchev–Trinajstić information content (AvgIpc) is 2.38. The molecule has 0 saturated heterocycles. The van der Waals surface area contributed by atoms with E-state index in [4.69, 9.17) is 39.5 Å². The fourth-order valence-electron chi connectivity index (χ4n) is 1.51. The zero-order valence-corrected chi connectivity index (χ0v) is 12.2. The molecule has 2 aromatic rings. The smallest absolute Gasteiger partial charge is 0.269 e. The number of nitro benzene ring substituents is 1. The molecule has 2 rings (SSSR count). The number of benzene rings is 2. The lowest BCUT2D eigenvalue weighted by Crippen LogP contribution is -1.99. The fraction of sp³-hybridized carbons (Fsp3) is 0.0769. The van der Waals surface area contributed by atoms with Gasteiger partial charge in [0.05, 0.1) is 4.92 Å². The van der Waals surface area contributed by atoms with Crippen LogP contribution in [0.15, 0.2) is 48.5 Å². The molecule has 0 fully saturated rings. The van der Waals surface area contributed by atoms with Gasteiger partial charge in [-0.25, -0.2) is 0 Å².